The van der Waals surface area contributed by atoms with Crippen molar-refractivity contribution in [2.75, 3.05) is 37.5 Å². The zero-order valence-electron chi connectivity index (χ0n) is 19.1. The van der Waals surface area contributed by atoms with Crippen molar-refractivity contribution >= 4 is 23.4 Å². The van der Waals surface area contributed by atoms with Gasteiger partial charge in [-0.2, -0.15) is 0 Å². The lowest BCUT2D eigenvalue weighted by Crippen LogP contribution is -2.34. The molecule has 0 aliphatic heterocycles. The molecule has 0 saturated carbocycles. The summed E-state index contributed by atoms with van der Waals surface area (Å²) in [5, 5.41) is 5.34. The zero-order chi connectivity index (χ0) is 23.7. The molecule has 0 aliphatic rings. The first-order chi connectivity index (χ1) is 15.1. The molecule has 2 rings (SSSR count). The third-order valence-corrected chi connectivity index (χ3v) is 4.17. The normalized spacial score (nSPS) is 11.5. The molecular formula is C24H30FN3O4. The van der Waals surface area contributed by atoms with E-state index in [2.05, 4.69) is 10.6 Å². The van der Waals surface area contributed by atoms with Crippen molar-refractivity contribution in [1.29, 1.82) is 0 Å². The van der Waals surface area contributed by atoms with E-state index in [0.29, 0.717) is 23.3 Å². The van der Waals surface area contributed by atoms with Gasteiger partial charge in [-0.1, -0.05) is 6.07 Å². The van der Waals surface area contributed by atoms with E-state index >= 15 is 0 Å². The van der Waals surface area contributed by atoms with Crippen LogP contribution in [0.25, 0.3) is 0 Å². The summed E-state index contributed by atoms with van der Waals surface area (Å²) in [7, 11) is 3.85. The number of benzene rings is 2. The monoisotopic (exact) mass is 443 g/mol. The highest BCUT2D eigenvalue weighted by atomic mass is 19.1. The smallest absolute Gasteiger partial charge is 0.407 e. The molecule has 0 unspecified atom stereocenters. The lowest BCUT2D eigenvalue weighted by Gasteiger charge is -2.20. The molecule has 0 fully saturated rings. The van der Waals surface area contributed by atoms with Crippen molar-refractivity contribution in [3.8, 4) is 5.75 Å². The second-order valence-corrected chi connectivity index (χ2v) is 8.33. The minimum Gasteiger partial charge on any atom is -0.489 e. The number of ether oxygens (including phenoxy) is 2. The topological polar surface area (TPSA) is 79.9 Å². The number of hydrogen-bond donors (Lipinski definition) is 2. The average molecular weight is 444 g/mol. The van der Waals surface area contributed by atoms with Crippen LogP contribution < -0.4 is 20.3 Å². The summed E-state index contributed by atoms with van der Waals surface area (Å²) in [6.45, 7) is 5.12. The number of hydrogen-bond acceptors (Lipinski definition) is 5. The van der Waals surface area contributed by atoms with Crippen LogP contribution in [0.1, 0.15) is 31.1 Å². The van der Waals surface area contributed by atoms with Gasteiger partial charge >= 0.3 is 6.09 Å². The molecule has 2 aromatic rings. The summed E-state index contributed by atoms with van der Waals surface area (Å²) in [5.41, 5.74) is 1.73. The molecule has 2 amide bonds. The van der Waals surface area contributed by atoms with Gasteiger partial charge in [0.25, 0.3) is 5.91 Å². The number of nitrogens with one attached hydrogen (secondary N) is 2. The molecule has 32 heavy (non-hydrogen) atoms. The Bertz CT molecular complexity index is 950. The first kappa shape index (κ1) is 24.7. The maximum atomic E-state index is 13.1. The standard InChI is InChI=1S/C24H30FN3O4/c1-24(2,3)32-23(30)26-15-17(14-25)16-31-21-11-9-18(10-12-21)22(29)27-19-7-6-8-20(13-19)28(4)5/h6-14H,15-16H2,1-5H3,(H,26,30)(H,27,29)/b17-14-. The average Bonchev–Trinajstić information content (AvgIpc) is 2.73. The summed E-state index contributed by atoms with van der Waals surface area (Å²) in [5.74, 6) is 0.214. The highest BCUT2D eigenvalue weighted by Crippen LogP contribution is 2.19. The Morgan fingerprint density at radius 1 is 1.09 bits per heavy atom. The molecule has 0 spiro atoms. The molecule has 0 aliphatic carbocycles. The molecule has 8 heteroatoms. The molecular weight excluding hydrogens is 413 g/mol. The summed E-state index contributed by atoms with van der Waals surface area (Å²) < 4.78 is 23.8. The lowest BCUT2D eigenvalue weighted by atomic mass is 10.2. The first-order valence-electron chi connectivity index (χ1n) is 10.1. The Labute approximate surface area is 188 Å². The second kappa shape index (κ2) is 11.2. The van der Waals surface area contributed by atoms with E-state index in [1.165, 1.54) is 0 Å². The predicted molar refractivity (Wildman–Crippen MR) is 124 cm³/mol. The van der Waals surface area contributed by atoms with Gasteiger partial charge in [-0.3, -0.25) is 4.79 Å². The quantitative estimate of drug-likeness (QED) is 0.615. The molecule has 172 valence electrons. The van der Waals surface area contributed by atoms with E-state index in [4.69, 9.17) is 9.47 Å². The Morgan fingerprint density at radius 2 is 1.78 bits per heavy atom. The van der Waals surface area contributed by atoms with E-state index in [9.17, 15) is 14.0 Å². The minimum absolute atomic E-state index is 0.0437. The highest BCUT2D eigenvalue weighted by Gasteiger charge is 2.16. The van der Waals surface area contributed by atoms with Gasteiger partial charge < -0.3 is 25.0 Å². The van der Waals surface area contributed by atoms with Crippen molar-refractivity contribution in [2.45, 2.75) is 26.4 Å². The van der Waals surface area contributed by atoms with Crippen LogP contribution in [0.2, 0.25) is 0 Å². The zero-order valence-corrected chi connectivity index (χ0v) is 19.1. The van der Waals surface area contributed by atoms with Crippen LogP contribution in [0.4, 0.5) is 20.6 Å². The molecule has 0 radical (unpaired) electrons. The van der Waals surface area contributed by atoms with Crippen LogP contribution in [0.3, 0.4) is 0 Å². The van der Waals surface area contributed by atoms with Gasteiger partial charge in [0.1, 0.15) is 18.0 Å². The summed E-state index contributed by atoms with van der Waals surface area (Å²) in [6, 6.07) is 14.0. The number of carbonyl (C=O) groups is 2. The SMILES string of the molecule is CN(C)c1cccc(NC(=O)c2ccc(OC/C(=C\F)CNC(=O)OC(C)(C)C)cc2)c1. The predicted octanol–water partition coefficient (Wildman–Crippen LogP) is 4.76. The molecule has 0 bridgehead atoms. The number of alkyl carbamates (subject to hydrolysis) is 1. The van der Waals surface area contributed by atoms with Gasteiger partial charge in [0.2, 0.25) is 0 Å². The number of anilines is 2. The fourth-order valence-corrected chi connectivity index (χ4v) is 2.56. The molecule has 2 aromatic carbocycles. The van der Waals surface area contributed by atoms with Crippen molar-refractivity contribution in [2.24, 2.45) is 0 Å². The Hall–Kier alpha value is -3.55. The summed E-state index contributed by atoms with van der Waals surface area (Å²) >= 11 is 0. The first-order valence-corrected chi connectivity index (χ1v) is 10.1. The van der Waals surface area contributed by atoms with Crippen molar-refractivity contribution in [3.05, 3.63) is 66.0 Å². The number of carbonyl (C=O) groups excluding carboxylic acids is 2. The van der Waals surface area contributed by atoms with Crippen LogP contribution in [-0.4, -0.2) is 44.8 Å². The van der Waals surface area contributed by atoms with Crippen LogP contribution in [0.5, 0.6) is 5.75 Å². The Kier molecular flexibility index (Phi) is 8.63. The third kappa shape index (κ3) is 8.29. The van der Waals surface area contributed by atoms with Gasteiger partial charge in [0.15, 0.2) is 0 Å². The van der Waals surface area contributed by atoms with E-state index < -0.39 is 11.7 Å². The fraction of sp³-hybridized carbons (Fsp3) is 0.333. The maximum absolute atomic E-state index is 13.1. The molecule has 2 N–H and O–H groups in total. The largest absolute Gasteiger partial charge is 0.489 e. The van der Waals surface area contributed by atoms with Crippen molar-refractivity contribution < 1.29 is 23.5 Å². The van der Waals surface area contributed by atoms with Crippen LogP contribution in [-0.2, 0) is 4.74 Å². The van der Waals surface area contributed by atoms with E-state index in [1.807, 2.05) is 43.3 Å². The van der Waals surface area contributed by atoms with Gasteiger partial charge in [0.05, 0.1) is 6.33 Å². The minimum atomic E-state index is -0.636. The maximum Gasteiger partial charge on any atom is 0.407 e. The summed E-state index contributed by atoms with van der Waals surface area (Å²) in [4.78, 5) is 26.1. The van der Waals surface area contributed by atoms with E-state index in [-0.39, 0.29) is 24.6 Å². The number of halogens is 1. The second-order valence-electron chi connectivity index (χ2n) is 8.33. The lowest BCUT2D eigenvalue weighted by molar-refractivity contribution is 0.0531. The molecule has 0 heterocycles. The summed E-state index contributed by atoms with van der Waals surface area (Å²) in [6.07, 6.45) is -0.246. The van der Waals surface area contributed by atoms with Crippen LogP contribution in [0, 0.1) is 0 Å². The Morgan fingerprint density at radius 3 is 2.38 bits per heavy atom. The third-order valence-electron chi connectivity index (χ3n) is 4.17. The van der Waals surface area contributed by atoms with Crippen LogP contribution >= 0.6 is 0 Å². The van der Waals surface area contributed by atoms with Gasteiger partial charge in [-0.15, -0.1) is 0 Å². The van der Waals surface area contributed by atoms with Crippen molar-refractivity contribution in [3.63, 3.8) is 0 Å². The van der Waals surface area contributed by atoms with Crippen LogP contribution in [0.15, 0.2) is 60.4 Å². The Balaban J connectivity index is 1.87. The van der Waals surface area contributed by atoms with E-state index in [0.717, 1.165) is 5.69 Å². The van der Waals surface area contributed by atoms with Gasteiger partial charge in [-0.05, 0) is 63.2 Å². The number of rotatable bonds is 8. The van der Waals surface area contributed by atoms with E-state index in [1.54, 1.807) is 45.0 Å². The fourth-order valence-electron chi connectivity index (χ4n) is 2.56. The van der Waals surface area contributed by atoms with Gasteiger partial charge in [-0.25, -0.2) is 9.18 Å². The van der Waals surface area contributed by atoms with Crippen molar-refractivity contribution in [1.82, 2.24) is 5.32 Å². The molecule has 0 aromatic heterocycles. The number of amides is 2. The molecule has 0 atom stereocenters. The van der Waals surface area contributed by atoms with Gasteiger partial charge in [0, 0.05) is 43.2 Å². The molecule has 0 saturated heterocycles. The molecule has 7 nitrogen and oxygen atoms in total. The number of nitrogens with zero attached hydrogens (tertiary/aromatic N) is 1. The highest BCUT2D eigenvalue weighted by molar-refractivity contribution is 6.04.